The van der Waals surface area contributed by atoms with E-state index in [-0.39, 0.29) is 0 Å². The second-order valence-electron chi connectivity index (χ2n) is 2.42. The molecule has 0 bridgehead atoms. The van der Waals surface area contributed by atoms with Crippen molar-refractivity contribution in [2.75, 3.05) is 0 Å². The number of aromatic nitrogens is 1. The van der Waals surface area contributed by atoms with Gasteiger partial charge in [-0.25, -0.2) is 0 Å². The first kappa shape index (κ1) is 9.14. The molecule has 0 radical (unpaired) electrons. The maximum Gasteiger partial charge on any atom is 0.322 e. The molecule has 0 atom stereocenters. The molecule has 0 aliphatic rings. The molecule has 0 saturated heterocycles. The summed E-state index contributed by atoms with van der Waals surface area (Å²) in [5, 5.41) is 0.822. The van der Waals surface area contributed by atoms with Crippen molar-refractivity contribution >= 4 is 13.3 Å². The minimum Gasteiger partial charge on any atom is -0.265 e. The Morgan fingerprint density at radius 2 is 1.77 bits per heavy atom. The van der Waals surface area contributed by atoms with Crippen LogP contribution in [0.5, 0.6) is 0 Å². The van der Waals surface area contributed by atoms with E-state index >= 15 is 0 Å². The van der Waals surface area contributed by atoms with Gasteiger partial charge in [-0.1, -0.05) is 22.7 Å². The van der Waals surface area contributed by atoms with Gasteiger partial charge in [0.2, 0.25) is 0 Å². The second-order valence-corrected chi connectivity index (χ2v) is 5.37. The highest BCUT2D eigenvalue weighted by molar-refractivity contribution is 7.10. The molecule has 1 heterocycles. The van der Waals surface area contributed by atoms with Crippen LogP contribution in [0.15, 0.2) is 24.5 Å². The lowest BCUT2D eigenvalue weighted by atomic mass is 10.5. The van der Waals surface area contributed by atoms with E-state index in [4.69, 9.17) is 19.3 Å². The predicted octanol–water partition coefficient (Wildman–Crippen LogP) is 0.255. The molecule has 0 aliphatic carbocycles. The number of hydrogen-bond donors (Lipinski definition) is 0. The third kappa shape index (κ3) is 1.47. The Hall–Kier alpha value is -1.95. The fraction of sp³-hybridized carbons (Fsp3) is 0. The van der Waals surface area contributed by atoms with Crippen LogP contribution in [0.2, 0.25) is 0 Å². The summed E-state index contributed by atoms with van der Waals surface area (Å²) in [6.07, 6.45) is 19.4. The van der Waals surface area contributed by atoms with Gasteiger partial charge in [-0.3, -0.25) is 4.98 Å². The van der Waals surface area contributed by atoms with Gasteiger partial charge in [-0.2, -0.15) is 0 Å². The minimum atomic E-state index is -2.57. The molecule has 0 saturated carbocycles. The van der Waals surface area contributed by atoms with Gasteiger partial charge in [0, 0.05) is 12.4 Å². The first-order valence-corrected chi connectivity index (χ1v) is 5.63. The SMILES string of the molecule is C#C[Si](C#C)(C#C)c1cccnc1. The summed E-state index contributed by atoms with van der Waals surface area (Å²) in [5.74, 6) is 0. The molecule has 13 heavy (non-hydrogen) atoms. The predicted molar refractivity (Wildman–Crippen MR) is 56.1 cm³/mol. The van der Waals surface area contributed by atoms with E-state index in [0.29, 0.717) is 0 Å². The average Bonchev–Trinajstić information content (AvgIpc) is 2.23. The van der Waals surface area contributed by atoms with Crippen LogP contribution in [-0.2, 0) is 0 Å². The molecule has 0 aromatic carbocycles. The van der Waals surface area contributed by atoms with Gasteiger partial charge in [0.05, 0.1) is 0 Å². The van der Waals surface area contributed by atoms with E-state index < -0.39 is 8.07 Å². The summed E-state index contributed by atoms with van der Waals surface area (Å²) in [5.41, 5.74) is 7.67. The smallest absolute Gasteiger partial charge is 0.265 e. The van der Waals surface area contributed by atoms with Crippen molar-refractivity contribution in [3.63, 3.8) is 0 Å². The van der Waals surface area contributed by atoms with Crippen molar-refractivity contribution in [1.82, 2.24) is 4.98 Å². The van der Waals surface area contributed by atoms with Crippen LogP contribution in [0.4, 0.5) is 0 Å². The summed E-state index contributed by atoms with van der Waals surface area (Å²) in [6.45, 7) is 0. The van der Waals surface area contributed by atoms with Gasteiger partial charge >= 0.3 is 8.07 Å². The Morgan fingerprint density at radius 1 is 1.15 bits per heavy atom. The molecule has 0 N–H and O–H groups in total. The molecule has 0 amide bonds. The lowest BCUT2D eigenvalue weighted by molar-refractivity contribution is 1.35. The zero-order chi connectivity index (χ0) is 9.73. The van der Waals surface area contributed by atoms with Gasteiger partial charge < -0.3 is 0 Å². The van der Waals surface area contributed by atoms with Crippen molar-refractivity contribution in [3.05, 3.63) is 24.5 Å². The Balaban J connectivity index is 3.31. The van der Waals surface area contributed by atoms with Gasteiger partial charge in [0.1, 0.15) is 0 Å². The zero-order valence-electron chi connectivity index (χ0n) is 6.99. The normalized spacial score (nSPS) is 9.31. The van der Waals surface area contributed by atoms with Crippen LogP contribution in [0.25, 0.3) is 0 Å². The third-order valence-corrected chi connectivity index (χ3v) is 4.20. The summed E-state index contributed by atoms with van der Waals surface area (Å²) in [4.78, 5) is 3.94. The first-order chi connectivity index (χ1) is 6.29. The van der Waals surface area contributed by atoms with Crippen molar-refractivity contribution in [1.29, 1.82) is 0 Å². The van der Waals surface area contributed by atoms with Crippen LogP contribution in [0, 0.1) is 35.9 Å². The lowest BCUT2D eigenvalue weighted by Crippen LogP contribution is -2.44. The molecule has 1 rings (SSSR count). The van der Waals surface area contributed by atoms with E-state index in [1.807, 2.05) is 6.07 Å². The molecule has 1 aromatic heterocycles. The first-order valence-electron chi connectivity index (χ1n) is 3.63. The quantitative estimate of drug-likeness (QED) is 0.447. The topological polar surface area (TPSA) is 12.9 Å². The van der Waals surface area contributed by atoms with Crippen LogP contribution in [0.1, 0.15) is 0 Å². The summed E-state index contributed by atoms with van der Waals surface area (Å²) >= 11 is 0. The molecule has 1 nitrogen and oxygen atoms in total. The fourth-order valence-corrected chi connectivity index (χ4v) is 2.32. The molecule has 0 fully saturated rings. The van der Waals surface area contributed by atoms with Crippen molar-refractivity contribution in [2.24, 2.45) is 0 Å². The maximum atomic E-state index is 5.36. The standard InChI is InChI=1S/C11H7NSi/c1-4-13(5-2,6-3)11-8-7-9-12-10-11/h1-3,7-10H. The van der Waals surface area contributed by atoms with Gasteiger partial charge in [0.25, 0.3) is 0 Å². The highest BCUT2D eigenvalue weighted by Crippen LogP contribution is 1.97. The Morgan fingerprint density at radius 3 is 2.15 bits per heavy atom. The molecule has 0 unspecified atom stereocenters. The van der Waals surface area contributed by atoms with E-state index in [0.717, 1.165) is 5.19 Å². The van der Waals surface area contributed by atoms with Crippen LogP contribution >= 0.6 is 0 Å². The summed E-state index contributed by atoms with van der Waals surface area (Å²) < 4.78 is 0. The third-order valence-electron chi connectivity index (χ3n) is 1.74. The van der Waals surface area contributed by atoms with Crippen LogP contribution in [-0.4, -0.2) is 13.1 Å². The van der Waals surface area contributed by atoms with Crippen molar-refractivity contribution in [3.8, 4) is 35.9 Å². The van der Waals surface area contributed by atoms with E-state index in [2.05, 4.69) is 21.6 Å². The number of rotatable bonds is 1. The van der Waals surface area contributed by atoms with Crippen molar-refractivity contribution in [2.45, 2.75) is 0 Å². The monoisotopic (exact) mass is 181 g/mol. The molecule has 1 aromatic rings. The van der Waals surface area contributed by atoms with Crippen LogP contribution in [0.3, 0.4) is 0 Å². The summed E-state index contributed by atoms with van der Waals surface area (Å²) in [6, 6.07) is 3.61. The van der Waals surface area contributed by atoms with Gasteiger partial charge in [-0.05, 0) is 11.3 Å². The highest BCUT2D eigenvalue weighted by Gasteiger charge is 2.29. The molecular weight excluding hydrogens is 174 g/mol. The van der Waals surface area contributed by atoms with Crippen LogP contribution < -0.4 is 5.19 Å². The Bertz CT molecular complexity index is 378. The van der Waals surface area contributed by atoms with Gasteiger partial charge in [-0.15, -0.1) is 19.3 Å². The maximum absolute atomic E-state index is 5.36. The fourth-order valence-electron chi connectivity index (χ4n) is 0.960. The summed E-state index contributed by atoms with van der Waals surface area (Å²) in [7, 11) is -2.57. The Kier molecular flexibility index (Phi) is 2.55. The zero-order valence-corrected chi connectivity index (χ0v) is 7.99. The number of pyridine rings is 1. The van der Waals surface area contributed by atoms with E-state index in [1.165, 1.54) is 0 Å². The number of nitrogens with zero attached hydrogens (tertiary/aromatic N) is 1. The van der Waals surface area contributed by atoms with Crippen molar-refractivity contribution < 1.29 is 0 Å². The second kappa shape index (κ2) is 3.63. The minimum absolute atomic E-state index is 0.822. The molecule has 2 heteroatoms. The largest absolute Gasteiger partial charge is 0.322 e. The molecule has 0 spiro atoms. The molecular formula is C11H7NSi. The number of hydrogen-bond acceptors (Lipinski definition) is 1. The van der Waals surface area contributed by atoms with E-state index in [1.54, 1.807) is 18.5 Å². The highest BCUT2D eigenvalue weighted by atomic mass is 28.3. The number of terminal acetylenes is 3. The van der Waals surface area contributed by atoms with E-state index in [9.17, 15) is 0 Å². The average molecular weight is 181 g/mol. The lowest BCUT2D eigenvalue weighted by Gasteiger charge is -2.10. The molecule has 60 valence electrons. The Labute approximate surface area is 79.2 Å². The van der Waals surface area contributed by atoms with Gasteiger partial charge in [0.15, 0.2) is 0 Å². The molecule has 0 aliphatic heterocycles.